The maximum absolute atomic E-state index is 5.79. The second kappa shape index (κ2) is 8.32. The summed E-state index contributed by atoms with van der Waals surface area (Å²) in [5, 5.41) is 3.42. The molecule has 22 heavy (non-hydrogen) atoms. The predicted octanol–water partition coefficient (Wildman–Crippen LogP) is 3.14. The molecule has 1 saturated carbocycles. The average Bonchev–Trinajstić information content (AvgIpc) is 3.34. The van der Waals surface area contributed by atoms with Gasteiger partial charge in [0.05, 0.1) is 6.61 Å². The first kappa shape index (κ1) is 17.0. The van der Waals surface area contributed by atoms with Gasteiger partial charge in [-0.15, -0.1) is 0 Å². The minimum Gasteiger partial charge on any atom is -0.477 e. The Balaban J connectivity index is 1.96. The molecule has 124 valence electrons. The standard InChI is InChI=1S/C17H30N4O/c1-5-21(6-2)10-9-18-15-11-16(22-12-13(3)4)20-17(19-15)14-7-8-14/h11,13-14H,5-10,12H2,1-4H3,(H,18,19,20). The Morgan fingerprint density at radius 2 is 2.00 bits per heavy atom. The molecule has 0 aromatic carbocycles. The lowest BCUT2D eigenvalue weighted by atomic mass is 10.2. The second-order valence-electron chi connectivity index (χ2n) is 6.38. The highest BCUT2D eigenvalue weighted by Crippen LogP contribution is 2.39. The van der Waals surface area contributed by atoms with Gasteiger partial charge in [0, 0.05) is 25.1 Å². The second-order valence-corrected chi connectivity index (χ2v) is 6.38. The van der Waals surface area contributed by atoms with E-state index in [0.717, 1.165) is 37.8 Å². The topological polar surface area (TPSA) is 50.3 Å². The number of aromatic nitrogens is 2. The van der Waals surface area contributed by atoms with Crippen LogP contribution in [0.15, 0.2) is 6.07 Å². The zero-order valence-electron chi connectivity index (χ0n) is 14.4. The molecule has 1 aliphatic rings. The van der Waals surface area contributed by atoms with E-state index in [4.69, 9.17) is 4.74 Å². The van der Waals surface area contributed by atoms with Crippen molar-refractivity contribution >= 4 is 5.82 Å². The molecule has 1 heterocycles. The SMILES string of the molecule is CCN(CC)CCNc1cc(OCC(C)C)nc(C2CC2)n1. The summed E-state index contributed by atoms with van der Waals surface area (Å²) >= 11 is 0. The molecule has 5 heteroatoms. The van der Waals surface area contributed by atoms with Gasteiger partial charge in [0.2, 0.25) is 5.88 Å². The Hall–Kier alpha value is -1.36. The van der Waals surface area contributed by atoms with Crippen molar-refractivity contribution in [3.63, 3.8) is 0 Å². The third-order valence-corrected chi connectivity index (χ3v) is 3.86. The van der Waals surface area contributed by atoms with Crippen LogP contribution in [0.25, 0.3) is 0 Å². The number of nitrogens with one attached hydrogen (secondary N) is 1. The molecular formula is C17H30N4O. The average molecular weight is 306 g/mol. The predicted molar refractivity (Wildman–Crippen MR) is 90.6 cm³/mol. The lowest BCUT2D eigenvalue weighted by Gasteiger charge is -2.18. The monoisotopic (exact) mass is 306 g/mol. The van der Waals surface area contributed by atoms with Gasteiger partial charge in [-0.05, 0) is 31.8 Å². The minimum atomic E-state index is 0.499. The molecule has 0 bridgehead atoms. The summed E-state index contributed by atoms with van der Waals surface area (Å²) in [6, 6.07) is 1.93. The van der Waals surface area contributed by atoms with E-state index in [9.17, 15) is 0 Å². The smallest absolute Gasteiger partial charge is 0.218 e. The first-order valence-electron chi connectivity index (χ1n) is 8.60. The summed E-state index contributed by atoms with van der Waals surface area (Å²) in [6.45, 7) is 13.5. The Labute approximate surface area is 134 Å². The molecule has 2 rings (SSSR count). The number of ether oxygens (including phenoxy) is 1. The van der Waals surface area contributed by atoms with E-state index in [-0.39, 0.29) is 0 Å². The fourth-order valence-electron chi connectivity index (χ4n) is 2.27. The van der Waals surface area contributed by atoms with Gasteiger partial charge >= 0.3 is 0 Å². The zero-order valence-corrected chi connectivity index (χ0v) is 14.4. The Bertz CT molecular complexity index is 456. The maximum Gasteiger partial charge on any atom is 0.218 e. The van der Waals surface area contributed by atoms with E-state index in [1.165, 1.54) is 12.8 Å². The number of anilines is 1. The van der Waals surface area contributed by atoms with Gasteiger partial charge in [-0.3, -0.25) is 0 Å². The van der Waals surface area contributed by atoms with Crippen molar-refractivity contribution in [1.82, 2.24) is 14.9 Å². The van der Waals surface area contributed by atoms with E-state index >= 15 is 0 Å². The summed E-state index contributed by atoms with van der Waals surface area (Å²) in [5.74, 6) is 3.56. The lowest BCUT2D eigenvalue weighted by molar-refractivity contribution is 0.260. The van der Waals surface area contributed by atoms with Crippen LogP contribution in [-0.2, 0) is 0 Å². The van der Waals surface area contributed by atoms with Crippen LogP contribution in [0.2, 0.25) is 0 Å². The van der Waals surface area contributed by atoms with Gasteiger partial charge < -0.3 is 15.0 Å². The van der Waals surface area contributed by atoms with Crippen LogP contribution < -0.4 is 10.1 Å². The van der Waals surface area contributed by atoms with Crippen molar-refractivity contribution in [3.8, 4) is 5.88 Å². The van der Waals surface area contributed by atoms with Gasteiger partial charge in [-0.2, -0.15) is 4.98 Å². The van der Waals surface area contributed by atoms with Crippen LogP contribution in [0, 0.1) is 5.92 Å². The van der Waals surface area contributed by atoms with Gasteiger partial charge in [-0.1, -0.05) is 27.7 Å². The van der Waals surface area contributed by atoms with E-state index in [1.807, 2.05) is 6.07 Å². The Morgan fingerprint density at radius 1 is 1.27 bits per heavy atom. The highest BCUT2D eigenvalue weighted by molar-refractivity contribution is 5.39. The molecule has 0 saturated heterocycles. The van der Waals surface area contributed by atoms with Crippen LogP contribution >= 0.6 is 0 Å². The number of likely N-dealkylation sites (N-methyl/N-ethyl adjacent to an activating group) is 1. The van der Waals surface area contributed by atoms with E-state index < -0.39 is 0 Å². The first-order chi connectivity index (χ1) is 10.6. The molecule has 0 unspecified atom stereocenters. The zero-order chi connectivity index (χ0) is 15.9. The summed E-state index contributed by atoms with van der Waals surface area (Å²) < 4.78 is 5.79. The largest absolute Gasteiger partial charge is 0.477 e. The lowest BCUT2D eigenvalue weighted by Crippen LogP contribution is -2.28. The van der Waals surface area contributed by atoms with Crippen molar-refractivity contribution < 1.29 is 4.74 Å². The Morgan fingerprint density at radius 3 is 2.59 bits per heavy atom. The molecule has 1 fully saturated rings. The van der Waals surface area contributed by atoms with Gasteiger partial charge in [0.25, 0.3) is 0 Å². The molecule has 1 aromatic rings. The highest BCUT2D eigenvalue weighted by atomic mass is 16.5. The van der Waals surface area contributed by atoms with E-state index in [1.54, 1.807) is 0 Å². The minimum absolute atomic E-state index is 0.499. The molecule has 1 aromatic heterocycles. The van der Waals surface area contributed by atoms with Crippen LogP contribution in [0.3, 0.4) is 0 Å². The fourth-order valence-corrected chi connectivity index (χ4v) is 2.27. The van der Waals surface area contributed by atoms with Crippen LogP contribution in [0.5, 0.6) is 5.88 Å². The van der Waals surface area contributed by atoms with Crippen molar-refractivity contribution in [2.75, 3.05) is 38.1 Å². The molecule has 1 aliphatic carbocycles. The van der Waals surface area contributed by atoms with Crippen molar-refractivity contribution in [3.05, 3.63) is 11.9 Å². The summed E-state index contributed by atoms with van der Waals surface area (Å²) in [4.78, 5) is 11.6. The normalized spacial score (nSPS) is 14.6. The summed E-state index contributed by atoms with van der Waals surface area (Å²) in [6.07, 6.45) is 2.40. The summed E-state index contributed by atoms with van der Waals surface area (Å²) in [5.41, 5.74) is 0. The van der Waals surface area contributed by atoms with Crippen molar-refractivity contribution in [2.45, 2.75) is 46.5 Å². The van der Waals surface area contributed by atoms with Gasteiger partial charge in [-0.25, -0.2) is 4.98 Å². The maximum atomic E-state index is 5.79. The quantitative estimate of drug-likeness (QED) is 0.719. The van der Waals surface area contributed by atoms with Gasteiger partial charge in [0.1, 0.15) is 11.6 Å². The third-order valence-electron chi connectivity index (χ3n) is 3.86. The Kier molecular flexibility index (Phi) is 6.43. The van der Waals surface area contributed by atoms with E-state index in [2.05, 4.69) is 47.9 Å². The molecule has 0 atom stereocenters. The molecule has 0 spiro atoms. The van der Waals surface area contributed by atoms with Crippen LogP contribution in [0.1, 0.15) is 52.3 Å². The number of rotatable bonds is 10. The first-order valence-corrected chi connectivity index (χ1v) is 8.60. The molecule has 5 nitrogen and oxygen atoms in total. The molecule has 0 amide bonds. The molecular weight excluding hydrogens is 276 g/mol. The van der Waals surface area contributed by atoms with Crippen LogP contribution in [-0.4, -0.2) is 47.7 Å². The summed E-state index contributed by atoms with van der Waals surface area (Å²) in [7, 11) is 0. The van der Waals surface area contributed by atoms with E-state index in [0.29, 0.717) is 24.3 Å². The van der Waals surface area contributed by atoms with Crippen molar-refractivity contribution in [1.29, 1.82) is 0 Å². The number of hydrogen-bond acceptors (Lipinski definition) is 5. The fraction of sp³-hybridized carbons (Fsp3) is 0.765. The number of nitrogens with zero attached hydrogens (tertiary/aromatic N) is 3. The highest BCUT2D eigenvalue weighted by Gasteiger charge is 2.27. The molecule has 0 radical (unpaired) electrons. The van der Waals surface area contributed by atoms with Crippen LogP contribution in [0.4, 0.5) is 5.82 Å². The van der Waals surface area contributed by atoms with Crippen molar-refractivity contribution in [2.24, 2.45) is 5.92 Å². The molecule has 1 N–H and O–H groups in total. The third kappa shape index (κ3) is 5.44. The van der Waals surface area contributed by atoms with Gasteiger partial charge in [0.15, 0.2) is 0 Å². The number of hydrogen-bond donors (Lipinski definition) is 1. The molecule has 0 aliphatic heterocycles.